The molecule has 0 aliphatic carbocycles. The van der Waals surface area contributed by atoms with Crippen molar-refractivity contribution >= 4 is 12.1 Å². The maximum absolute atomic E-state index is 12.4. The molecule has 1 saturated heterocycles. The molecule has 0 aromatic heterocycles. The van der Waals surface area contributed by atoms with Gasteiger partial charge in [-0.2, -0.15) is 0 Å². The summed E-state index contributed by atoms with van der Waals surface area (Å²) in [5, 5.41) is 0. The molecule has 1 heterocycles. The number of ether oxygens (including phenoxy) is 3. The summed E-state index contributed by atoms with van der Waals surface area (Å²) in [5.74, 6) is 1.88. The molecule has 0 bridgehead atoms. The molecule has 1 fully saturated rings. The highest BCUT2D eigenvalue weighted by molar-refractivity contribution is 5.70. The van der Waals surface area contributed by atoms with E-state index in [2.05, 4.69) is 5.92 Å². The quantitative estimate of drug-likeness (QED) is 0.575. The highest BCUT2D eigenvalue weighted by Crippen LogP contribution is 2.31. The van der Waals surface area contributed by atoms with Gasteiger partial charge in [0.05, 0.1) is 6.61 Å². The van der Waals surface area contributed by atoms with Gasteiger partial charge in [0.2, 0.25) is 0 Å². The van der Waals surface area contributed by atoms with Crippen LogP contribution < -0.4 is 0 Å². The van der Waals surface area contributed by atoms with Gasteiger partial charge in [-0.05, 0) is 34.6 Å². The summed E-state index contributed by atoms with van der Waals surface area (Å²) in [6.45, 7) is 10.2. The molecule has 0 aromatic rings. The molecule has 1 aliphatic heterocycles. The van der Waals surface area contributed by atoms with Crippen molar-refractivity contribution in [1.82, 2.24) is 4.90 Å². The molecule has 2 atom stereocenters. The van der Waals surface area contributed by atoms with Crippen LogP contribution in [0.2, 0.25) is 0 Å². The van der Waals surface area contributed by atoms with Crippen molar-refractivity contribution in [2.24, 2.45) is 0 Å². The lowest BCUT2D eigenvalue weighted by Crippen LogP contribution is -2.53. The van der Waals surface area contributed by atoms with Gasteiger partial charge in [-0.15, -0.1) is 6.42 Å². The van der Waals surface area contributed by atoms with Crippen LogP contribution in [-0.2, 0) is 19.0 Å². The third kappa shape index (κ3) is 4.36. The van der Waals surface area contributed by atoms with Gasteiger partial charge < -0.3 is 14.2 Å². The normalized spacial score (nSPS) is 22.3. The lowest BCUT2D eigenvalue weighted by atomic mass is 10.1. The molecule has 1 amide bonds. The Morgan fingerprint density at radius 3 is 2.43 bits per heavy atom. The van der Waals surface area contributed by atoms with Crippen LogP contribution in [-0.4, -0.2) is 47.0 Å². The molecule has 0 N–H and O–H groups in total. The number of carbonyl (C=O) groups is 2. The van der Waals surface area contributed by atoms with Gasteiger partial charge in [-0.3, -0.25) is 9.69 Å². The molecule has 1 rings (SSSR count). The highest BCUT2D eigenvalue weighted by Gasteiger charge is 2.49. The molecule has 118 valence electrons. The van der Waals surface area contributed by atoms with Crippen molar-refractivity contribution < 1.29 is 23.8 Å². The monoisotopic (exact) mass is 297 g/mol. The maximum Gasteiger partial charge on any atom is 0.413 e. The van der Waals surface area contributed by atoms with Gasteiger partial charge in [-0.1, -0.05) is 5.92 Å². The van der Waals surface area contributed by atoms with E-state index in [1.807, 2.05) is 0 Å². The Morgan fingerprint density at radius 1 is 1.43 bits per heavy atom. The first kappa shape index (κ1) is 17.3. The van der Waals surface area contributed by atoms with E-state index in [0.717, 1.165) is 0 Å². The van der Waals surface area contributed by atoms with Crippen LogP contribution in [0.1, 0.15) is 41.5 Å². The Morgan fingerprint density at radius 2 is 2.00 bits per heavy atom. The lowest BCUT2D eigenvalue weighted by molar-refractivity contribution is -0.146. The molecule has 21 heavy (non-hydrogen) atoms. The molecule has 0 spiro atoms. The average Bonchev–Trinajstić information content (AvgIpc) is 2.59. The summed E-state index contributed by atoms with van der Waals surface area (Å²) in [5.41, 5.74) is -1.53. The standard InChI is InChI=1S/C15H23NO5/c1-8-12(20-10(2)17)11-9-19-15(6,7)16(11)13(18)21-14(3,4)5/h1,11-12H,9H2,2-7H3/t11-,12?/m0/s1. The number of hydrogen-bond acceptors (Lipinski definition) is 5. The van der Waals surface area contributed by atoms with Gasteiger partial charge in [0.25, 0.3) is 0 Å². The largest absolute Gasteiger partial charge is 0.447 e. The van der Waals surface area contributed by atoms with Gasteiger partial charge in [0.15, 0.2) is 6.10 Å². The Kier molecular flexibility index (Phi) is 4.90. The molecule has 6 heteroatoms. The summed E-state index contributed by atoms with van der Waals surface area (Å²) < 4.78 is 16.1. The fourth-order valence-electron chi connectivity index (χ4n) is 2.12. The zero-order valence-corrected chi connectivity index (χ0v) is 13.4. The molecule has 0 radical (unpaired) electrons. The van der Waals surface area contributed by atoms with E-state index >= 15 is 0 Å². The van der Waals surface area contributed by atoms with Gasteiger partial charge in [-0.25, -0.2) is 4.79 Å². The van der Waals surface area contributed by atoms with E-state index in [9.17, 15) is 9.59 Å². The summed E-state index contributed by atoms with van der Waals surface area (Å²) >= 11 is 0. The van der Waals surface area contributed by atoms with Crippen LogP contribution in [0, 0.1) is 12.3 Å². The van der Waals surface area contributed by atoms with Crippen LogP contribution in [0.25, 0.3) is 0 Å². The van der Waals surface area contributed by atoms with E-state index < -0.39 is 35.5 Å². The van der Waals surface area contributed by atoms with Crippen LogP contribution in [0.5, 0.6) is 0 Å². The molecule has 0 aromatic carbocycles. The number of rotatable bonds is 2. The third-order valence-electron chi connectivity index (χ3n) is 2.92. The summed E-state index contributed by atoms with van der Waals surface area (Å²) in [7, 11) is 0. The maximum atomic E-state index is 12.4. The number of terminal acetylenes is 1. The van der Waals surface area contributed by atoms with Gasteiger partial charge in [0, 0.05) is 6.92 Å². The second-order valence-electron chi connectivity index (χ2n) is 6.37. The minimum absolute atomic E-state index is 0.175. The molecule has 0 saturated carbocycles. The second kappa shape index (κ2) is 5.94. The SMILES string of the molecule is C#CC(OC(C)=O)[C@@H]1COC(C)(C)N1C(=O)OC(C)(C)C. The minimum atomic E-state index is -0.887. The van der Waals surface area contributed by atoms with Crippen LogP contribution in [0.3, 0.4) is 0 Å². The predicted molar refractivity (Wildman–Crippen MR) is 76.3 cm³/mol. The van der Waals surface area contributed by atoms with E-state index in [-0.39, 0.29) is 6.61 Å². The minimum Gasteiger partial charge on any atom is -0.447 e. The van der Waals surface area contributed by atoms with Crippen molar-refractivity contribution in [2.45, 2.75) is 65.0 Å². The third-order valence-corrected chi connectivity index (χ3v) is 2.92. The van der Waals surface area contributed by atoms with Crippen molar-refractivity contribution in [3.8, 4) is 12.3 Å². The van der Waals surface area contributed by atoms with Gasteiger partial charge >= 0.3 is 12.1 Å². The second-order valence-corrected chi connectivity index (χ2v) is 6.37. The number of hydrogen-bond donors (Lipinski definition) is 0. The summed E-state index contributed by atoms with van der Waals surface area (Å²) in [4.78, 5) is 24.9. The Labute approximate surface area is 125 Å². The summed E-state index contributed by atoms with van der Waals surface area (Å²) in [6.07, 6.45) is 3.99. The average molecular weight is 297 g/mol. The number of carbonyl (C=O) groups excluding carboxylic acids is 2. The first-order valence-electron chi connectivity index (χ1n) is 6.77. The zero-order chi connectivity index (χ0) is 16.4. The van der Waals surface area contributed by atoms with Crippen molar-refractivity contribution in [3.05, 3.63) is 0 Å². The van der Waals surface area contributed by atoms with E-state index in [0.29, 0.717) is 0 Å². The Balaban J connectivity index is 3.01. The van der Waals surface area contributed by atoms with Crippen LogP contribution in [0.15, 0.2) is 0 Å². The number of nitrogens with zero attached hydrogens (tertiary/aromatic N) is 1. The Bertz CT molecular complexity index is 458. The Hall–Kier alpha value is -1.74. The number of esters is 1. The van der Waals surface area contributed by atoms with Crippen molar-refractivity contribution in [2.75, 3.05) is 6.61 Å². The first-order valence-corrected chi connectivity index (χ1v) is 6.77. The molecule has 1 aliphatic rings. The predicted octanol–water partition coefficient (Wildman–Crippen LogP) is 1.92. The molecular weight excluding hydrogens is 274 g/mol. The van der Waals surface area contributed by atoms with Crippen molar-refractivity contribution in [1.29, 1.82) is 0 Å². The lowest BCUT2D eigenvalue weighted by Gasteiger charge is -2.36. The van der Waals surface area contributed by atoms with Crippen LogP contribution in [0.4, 0.5) is 4.79 Å². The van der Waals surface area contributed by atoms with Gasteiger partial charge in [0.1, 0.15) is 17.4 Å². The van der Waals surface area contributed by atoms with E-state index in [1.54, 1.807) is 34.6 Å². The highest BCUT2D eigenvalue weighted by atomic mass is 16.6. The van der Waals surface area contributed by atoms with Crippen molar-refractivity contribution in [3.63, 3.8) is 0 Å². The molecule has 6 nitrogen and oxygen atoms in total. The van der Waals surface area contributed by atoms with Crippen LogP contribution >= 0.6 is 0 Å². The number of amides is 1. The molecular formula is C15H23NO5. The van der Waals surface area contributed by atoms with E-state index in [4.69, 9.17) is 20.6 Å². The topological polar surface area (TPSA) is 65.1 Å². The zero-order valence-electron chi connectivity index (χ0n) is 13.4. The molecule has 1 unspecified atom stereocenters. The first-order chi connectivity index (χ1) is 9.48. The fourth-order valence-corrected chi connectivity index (χ4v) is 2.12. The smallest absolute Gasteiger partial charge is 0.413 e. The fraction of sp³-hybridized carbons (Fsp3) is 0.733. The van der Waals surface area contributed by atoms with E-state index in [1.165, 1.54) is 11.8 Å². The summed E-state index contributed by atoms with van der Waals surface area (Å²) in [6, 6.07) is -0.580.